The van der Waals surface area contributed by atoms with Crippen LogP contribution in [0.1, 0.15) is 11.1 Å². The summed E-state index contributed by atoms with van der Waals surface area (Å²) in [6, 6.07) is 14.8. The molecule has 0 heterocycles. The molecule has 9 nitrogen and oxygen atoms in total. The maximum atomic E-state index is 11.8. The Bertz CT molecular complexity index is 900. The first-order valence-corrected chi connectivity index (χ1v) is 10.6. The van der Waals surface area contributed by atoms with Crippen LogP contribution in [-0.2, 0) is 23.8 Å². The minimum absolute atomic E-state index is 0.0499. The topological polar surface area (TPSA) is 111 Å². The summed E-state index contributed by atoms with van der Waals surface area (Å²) >= 11 is 11.6. The zero-order valence-electron chi connectivity index (χ0n) is 18.1. The van der Waals surface area contributed by atoms with E-state index in [1.54, 1.807) is 24.3 Å². The molecular formula is C22H24Cl2N4O5. The smallest absolute Gasteiger partial charge is 0.370 e. The Kier molecular flexibility index (Phi) is 11.2. The molecule has 0 aliphatic heterocycles. The molecule has 0 saturated heterocycles. The lowest BCUT2D eigenvalue weighted by Gasteiger charge is -2.07. The van der Waals surface area contributed by atoms with E-state index in [1.165, 1.54) is 0 Å². The Labute approximate surface area is 201 Å². The van der Waals surface area contributed by atoms with Gasteiger partial charge >= 0.3 is 11.9 Å². The maximum Gasteiger partial charge on any atom is 0.370 e. The molecule has 0 unspecified atom stereocenters. The molecule has 0 atom stereocenters. The number of ether oxygens (including phenoxy) is 3. The number of hydrogen-bond donors (Lipinski definition) is 2. The van der Waals surface area contributed by atoms with Gasteiger partial charge in [0.05, 0.1) is 24.6 Å². The van der Waals surface area contributed by atoms with E-state index in [1.807, 2.05) is 38.1 Å². The summed E-state index contributed by atoms with van der Waals surface area (Å²) in [5, 5.41) is 6.81. The predicted octanol–water partition coefficient (Wildman–Crippen LogP) is 4.04. The predicted molar refractivity (Wildman–Crippen MR) is 129 cm³/mol. The van der Waals surface area contributed by atoms with E-state index in [2.05, 4.69) is 21.1 Å². The molecule has 2 aromatic carbocycles. The third-order valence-corrected chi connectivity index (χ3v) is 4.41. The highest BCUT2D eigenvalue weighted by molar-refractivity contribution is 6.82. The lowest BCUT2D eigenvalue weighted by Crippen LogP contribution is -2.19. The van der Waals surface area contributed by atoms with Gasteiger partial charge in [-0.05, 0) is 38.1 Å². The summed E-state index contributed by atoms with van der Waals surface area (Å²) in [4.78, 5) is 23.5. The van der Waals surface area contributed by atoms with E-state index in [0.717, 1.165) is 11.1 Å². The monoisotopic (exact) mass is 494 g/mol. The van der Waals surface area contributed by atoms with E-state index in [0.29, 0.717) is 11.4 Å². The number of nitrogens with zero attached hydrogens (tertiary/aromatic N) is 2. The van der Waals surface area contributed by atoms with Crippen molar-refractivity contribution in [1.29, 1.82) is 0 Å². The molecule has 2 rings (SSSR count). The van der Waals surface area contributed by atoms with Gasteiger partial charge in [0.25, 0.3) is 0 Å². The van der Waals surface area contributed by atoms with E-state index in [4.69, 9.17) is 37.4 Å². The Morgan fingerprint density at radius 2 is 1.06 bits per heavy atom. The van der Waals surface area contributed by atoms with Crippen LogP contribution in [-0.4, -0.2) is 48.7 Å². The summed E-state index contributed by atoms with van der Waals surface area (Å²) in [6.07, 6.45) is 0. The minimum Gasteiger partial charge on any atom is -0.458 e. The standard InChI is InChI=1S/C22H24Cl2N4O5/c1-15-3-7-17(8-4-15)25-27-19(23)21(29)32-13-11-31-12-14-33-22(30)20(24)28-26-18-9-5-16(2)6-10-18/h3-10,25-26H,11-14H2,1-2H3/b27-19-,28-20-. The van der Waals surface area contributed by atoms with Crippen molar-refractivity contribution in [2.45, 2.75) is 13.8 Å². The first kappa shape index (κ1) is 26.1. The SMILES string of the molecule is Cc1ccc(N/N=C(\Cl)C(=O)OCCOCCOC(=O)/C(Cl)=N/Nc2ccc(C)cc2)cc1. The van der Waals surface area contributed by atoms with Gasteiger partial charge < -0.3 is 14.2 Å². The minimum atomic E-state index is -0.796. The number of halogens is 2. The average molecular weight is 495 g/mol. The molecule has 0 fully saturated rings. The molecule has 0 aliphatic rings. The molecule has 0 aromatic heterocycles. The Balaban J connectivity index is 1.56. The van der Waals surface area contributed by atoms with Gasteiger partial charge in [0.2, 0.25) is 10.3 Å². The highest BCUT2D eigenvalue weighted by Crippen LogP contribution is 2.09. The first-order chi connectivity index (χ1) is 15.8. The van der Waals surface area contributed by atoms with E-state index >= 15 is 0 Å². The van der Waals surface area contributed by atoms with Crippen molar-refractivity contribution in [2.75, 3.05) is 37.3 Å². The molecule has 2 aromatic rings. The van der Waals surface area contributed by atoms with Gasteiger partial charge in [0.15, 0.2) is 0 Å². The van der Waals surface area contributed by atoms with Crippen molar-refractivity contribution < 1.29 is 23.8 Å². The first-order valence-electron chi connectivity index (χ1n) is 9.89. The fourth-order valence-electron chi connectivity index (χ4n) is 2.18. The Morgan fingerprint density at radius 3 is 1.42 bits per heavy atom. The van der Waals surface area contributed by atoms with Gasteiger partial charge in [-0.25, -0.2) is 9.59 Å². The third kappa shape index (κ3) is 10.3. The van der Waals surface area contributed by atoms with Crippen molar-refractivity contribution >= 4 is 56.9 Å². The number of carbonyl (C=O) groups excluding carboxylic acids is 2. The number of benzene rings is 2. The second-order valence-corrected chi connectivity index (χ2v) is 7.36. The number of anilines is 2. The molecule has 0 aliphatic carbocycles. The van der Waals surface area contributed by atoms with Crippen LogP contribution in [0.5, 0.6) is 0 Å². The van der Waals surface area contributed by atoms with Crippen LogP contribution in [0, 0.1) is 13.8 Å². The second-order valence-electron chi connectivity index (χ2n) is 6.65. The average Bonchev–Trinajstić information content (AvgIpc) is 2.82. The van der Waals surface area contributed by atoms with E-state index in [9.17, 15) is 9.59 Å². The molecular weight excluding hydrogens is 471 g/mol. The largest absolute Gasteiger partial charge is 0.458 e. The summed E-state index contributed by atoms with van der Waals surface area (Å²) in [7, 11) is 0. The number of hydrogen-bond acceptors (Lipinski definition) is 9. The maximum absolute atomic E-state index is 11.8. The van der Waals surface area contributed by atoms with Crippen molar-refractivity contribution in [3.05, 3.63) is 59.7 Å². The van der Waals surface area contributed by atoms with Crippen LogP contribution in [0.15, 0.2) is 58.7 Å². The molecule has 33 heavy (non-hydrogen) atoms. The number of aryl methyl sites for hydroxylation is 2. The highest BCUT2D eigenvalue weighted by Gasteiger charge is 2.11. The summed E-state index contributed by atoms with van der Waals surface area (Å²) in [5.41, 5.74) is 8.87. The highest BCUT2D eigenvalue weighted by atomic mass is 35.5. The van der Waals surface area contributed by atoms with Gasteiger partial charge in [-0.2, -0.15) is 10.2 Å². The van der Waals surface area contributed by atoms with Crippen molar-refractivity contribution in [3.8, 4) is 0 Å². The molecule has 0 amide bonds. The van der Waals surface area contributed by atoms with Gasteiger partial charge in [-0.15, -0.1) is 0 Å². The fourth-order valence-corrected chi connectivity index (χ4v) is 2.38. The van der Waals surface area contributed by atoms with Gasteiger partial charge in [-0.1, -0.05) is 58.6 Å². The van der Waals surface area contributed by atoms with Crippen LogP contribution in [0.3, 0.4) is 0 Å². The van der Waals surface area contributed by atoms with Crippen LogP contribution in [0.2, 0.25) is 0 Å². The fraction of sp³-hybridized carbons (Fsp3) is 0.273. The molecule has 0 saturated carbocycles. The van der Waals surface area contributed by atoms with Gasteiger partial charge in [-0.3, -0.25) is 10.9 Å². The number of carbonyl (C=O) groups is 2. The van der Waals surface area contributed by atoms with Crippen LogP contribution < -0.4 is 10.9 Å². The van der Waals surface area contributed by atoms with Gasteiger partial charge in [0.1, 0.15) is 13.2 Å². The van der Waals surface area contributed by atoms with Crippen LogP contribution >= 0.6 is 23.2 Å². The number of rotatable bonds is 12. The third-order valence-electron chi connectivity index (χ3n) is 3.93. The molecule has 0 radical (unpaired) electrons. The molecule has 0 bridgehead atoms. The van der Waals surface area contributed by atoms with Crippen molar-refractivity contribution in [2.24, 2.45) is 10.2 Å². The van der Waals surface area contributed by atoms with Crippen LogP contribution in [0.25, 0.3) is 0 Å². The second kappa shape index (κ2) is 14.1. The summed E-state index contributed by atoms with van der Waals surface area (Å²) < 4.78 is 15.1. The number of hydrazone groups is 2. The van der Waals surface area contributed by atoms with E-state index < -0.39 is 11.9 Å². The van der Waals surface area contributed by atoms with Crippen molar-refractivity contribution in [3.63, 3.8) is 0 Å². The quantitative estimate of drug-likeness (QED) is 0.198. The lowest BCUT2D eigenvalue weighted by atomic mass is 10.2. The zero-order valence-corrected chi connectivity index (χ0v) is 19.7. The van der Waals surface area contributed by atoms with Gasteiger partial charge in [0, 0.05) is 0 Å². The molecule has 0 spiro atoms. The Hall–Kier alpha value is -3.14. The zero-order chi connectivity index (χ0) is 24.1. The molecule has 11 heteroatoms. The summed E-state index contributed by atoms with van der Waals surface area (Å²) in [5.74, 6) is -1.59. The summed E-state index contributed by atoms with van der Waals surface area (Å²) in [6.45, 7) is 3.97. The number of esters is 2. The van der Waals surface area contributed by atoms with E-state index in [-0.39, 0.29) is 36.8 Å². The van der Waals surface area contributed by atoms with Crippen molar-refractivity contribution in [1.82, 2.24) is 0 Å². The molecule has 176 valence electrons. The normalized spacial score (nSPS) is 11.6. The van der Waals surface area contributed by atoms with Crippen LogP contribution in [0.4, 0.5) is 11.4 Å². The number of nitrogens with one attached hydrogen (secondary N) is 2. The molecule has 2 N–H and O–H groups in total. The Morgan fingerprint density at radius 1 is 0.697 bits per heavy atom. The lowest BCUT2D eigenvalue weighted by molar-refractivity contribution is -0.138.